The zero-order chi connectivity index (χ0) is 18.7. The lowest BCUT2D eigenvalue weighted by Crippen LogP contribution is -2.30. The first-order chi connectivity index (χ1) is 12.5. The van der Waals surface area contributed by atoms with Crippen LogP contribution >= 0.6 is 11.6 Å². The van der Waals surface area contributed by atoms with Crippen LogP contribution in [0.5, 0.6) is 17.2 Å². The van der Waals surface area contributed by atoms with Crippen molar-refractivity contribution >= 4 is 29.2 Å². The molecule has 1 N–H and O–H groups in total. The van der Waals surface area contributed by atoms with Crippen molar-refractivity contribution in [3.05, 3.63) is 47.0 Å². The van der Waals surface area contributed by atoms with Crippen molar-refractivity contribution < 1.29 is 28.5 Å². The molecular weight excluding hydrogens is 362 g/mol. The summed E-state index contributed by atoms with van der Waals surface area (Å²) >= 11 is 6.05. The van der Waals surface area contributed by atoms with E-state index in [1.807, 2.05) is 0 Å². The number of halogens is 1. The van der Waals surface area contributed by atoms with Gasteiger partial charge < -0.3 is 24.3 Å². The maximum Gasteiger partial charge on any atom is 0.339 e. The number of hydrogen-bond donors (Lipinski definition) is 1. The average Bonchev–Trinajstić information content (AvgIpc) is 3.11. The number of esters is 1. The minimum absolute atomic E-state index is 0.0359. The van der Waals surface area contributed by atoms with Crippen LogP contribution < -0.4 is 19.5 Å². The molecule has 0 saturated heterocycles. The molecule has 0 unspecified atom stereocenters. The van der Waals surface area contributed by atoms with Crippen LogP contribution in [0.2, 0.25) is 5.02 Å². The highest BCUT2D eigenvalue weighted by Crippen LogP contribution is 2.39. The molecule has 0 aliphatic carbocycles. The third-order valence-corrected chi connectivity index (χ3v) is 3.95. The second kappa shape index (κ2) is 7.53. The number of anilines is 1. The van der Waals surface area contributed by atoms with Gasteiger partial charge in [-0.1, -0.05) is 11.6 Å². The zero-order valence-electron chi connectivity index (χ0n) is 14.1. The van der Waals surface area contributed by atoms with E-state index in [0.717, 1.165) is 0 Å². The zero-order valence-corrected chi connectivity index (χ0v) is 14.8. The molecule has 0 radical (unpaired) electrons. The molecule has 26 heavy (non-hydrogen) atoms. The molecule has 2 aromatic carbocycles. The Balaban J connectivity index is 1.63. The summed E-state index contributed by atoms with van der Waals surface area (Å²) in [4.78, 5) is 24.5. The predicted molar refractivity (Wildman–Crippen MR) is 94.1 cm³/mol. The molecule has 0 spiro atoms. The van der Waals surface area contributed by atoms with Crippen LogP contribution in [0, 0.1) is 0 Å². The molecule has 0 fully saturated rings. The van der Waals surface area contributed by atoms with Crippen LogP contribution in [-0.4, -0.2) is 31.9 Å². The van der Waals surface area contributed by atoms with Gasteiger partial charge in [0.25, 0.3) is 5.91 Å². The lowest BCUT2D eigenvalue weighted by atomic mass is 10.2. The van der Waals surface area contributed by atoms with Crippen molar-refractivity contribution in [2.45, 2.75) is 13.0 Å². The van der Waals surface area contributed by atoms with Crippen molar-refractivity contribution in [2.24, 2.45) is 0 Å². The van der Waals surface area contributed by atoms with Crippen LogP contribution in [0.3, 0.4) is 0 Å². The molecule has 1 amide bonds. The second-order valence-electron chi connectivity index (χ2n) is 5.46. The number of nitrogens with one attached hydrogen (secondary N) is 1. The molecule has 136 valence electrons. The van der Waals surface area contributed by atoms with Crippen LogP contribution in [0.4, 0.5) is 5.69 Å². The quantitative estimate of drug-likeness (QED) is 0.805. The second-order valence-corrected chi connectivity index (χ2v) is 5.86. The number of benzene rings is 2. The number of methoxy groups -OCH3 is 1. The highest BCUT2D eigenvalue weighted by atomic mass is 35.5. The predicted octanol–water partition coefficient (Wildman–Crippen LogP) is 3.26. The van der Waals surface area contributed by atoms with E-state index in [1.54, 1.807) is 31.4 Å². The van der Waals surface area contributed by atoms with Crippen LogP contribution in [0.25, 0.3) is 0 Å². The number of fused-ring (bicyclic) bond motifs is 1. The highest BCUT2D eigenvalue weighted by molar-refractivity contribution is 6.32. The molecule has 1 aliphatic heterocycles. The molecule has 0 bridgehead atoms. The molecule has 8 heteroatoms. The van der Waals surface area contributed by atoms with Gasteiger partial charge in [-0.05, 0) is 43.3 Å². The highest BCUT2D eigenvalue weighted by Gasteiger charge is 2.24. The summed E-state index contributed by atoms with van der Waals surface area (Å²) in [6.45, 7) is 1.51. The minimum atomic E-state index is -1.01. The molecule has 1 aliphatic rings. The maximum absolute atomic E-state index is 12.3. The maximum atomic E-state index is 12.3. The monoisotopic (exact) mass is 377 g/mol. The van der Waals surface area contributed by atoms with Gasteiger partial charge in [0, 0.05) is 5.69 Å². The molecule has 0 aromatic heterocycles. The normalized spacial score (nSPS) is 13.0. The molecule has 1 heterocycles. The Morgan fingerprint density at radius 3 is 2.62 bits per heavy atom. The number of carbonyl (C=O) groups is 2. The molecule has 3 rings (SSSR count). The van der Waals surface area contributed by atoms with E-state index in [1.165, 1.54) is 19.1 Å². The summed E-state index contributed by atoms with van der Waals surface area (Å²) in [6, 6.07) is 9.66. The van der Waals surface area contributed by atoms with Crippen molar-refractivity contribution in [2.75, 3.05) is 19.2 Å². The SMILES string of the molecule is COc1ccc(NC(=O)[C@@H](C)OC(=O)c2cc(Cl)c3c(c2)OCO3)cc1. The molecule has 0 saturated carbocycles. The molecular formula is C18H16ClNO6. The van der Waals surface area contributed by atoms with E-state index in [2.05, 4.69) is 5.32 Å². The molecule has 7 nitrogen and oxygen atoms in total. The summed E-state index contributed by atoms with van der Waals surface area (Å²) in [5.41, 5.74) is 0.730. The summed E-state index contributed by atoms with van der Waals surface area (Å²) < 4.78 is 20.7. The van der Waals surface area contributed by atoms with E-state index < -0.39 is 18.0 Å². The molecule has 2 aromatic rings. The van der Waals surface area contributed by atoms with Crippen LogP contribution in [-0.2, 0) is 9.53 Å². The van der Waals surface area contributed by atoms with Gasteiger partial charge in [0.2, 0.25) is 6.79 Å². The van der Waals surface area contributed by atoms with Gasteiger partial charge in [-0.2, -0.15) is 0 Å². The van der Waals surface area contributed by atoms with E-state index in [9.17, 15) is 9.59 Å². The fourth-order valence-electron chi connectivity index (χ4n) is 2.29. The van der Waals surface area contributed by atoms with E-state index >= 15 is 0 Å². The standard InChI is InChI=1S/C18H16ClNO6/c1-10(17(21)20-12-3-5-13(23-2)6-4-12)26-18(22)11-7-14(19)16-15(8-11)24-9-25-16/h3-8,10H,9H2,1-2H3,(H,20,21)/t10-/m1/s1. The third kappa shape index (κ3) is 3.83. The van der Waals surface area contributed by atoms with Gasteiger partial charge in [0.15, 0.2) is 17.6 Å². The number of rotatable bonds is 5. The lowest BCUT2D eigenvalue weighted by molar-refractivity contribution is -0.123. The number of ether oxygens (including phenoxy) is 4. The Morgan fingerprint density at radius 2 is 1.92 bits per heavy atom. The van der Waals surface area contributed by atoms with E-state index in [0.29, 0.717) is 22.9 Å². The third-order valence-electron chi connectivity index (χ3n) is 3.67. The van der Waals surface area contributed by atoms with Gasteiger partial charge in [0.1, 0.15) is 5.75 Å². The first kappa shape index (κ1) is 17.9. The van der Waals surface area contributed by atoms with Crippen molar-refractivity contribution in [1.29, 1.82) is 0 Å². The average molecular weight is 378 g/mol. The Hall–Kier alpha value is -2.93. The van der Waals surface area contributed by atoms with E-state index in [4.69, 9.17) is 30.5 Å². The van der Waals surface area contributed by atoms with Gasteiger partial charge in [0.05, 0.1) is 17.7 Å². The van der Waals surface area contributed by atoms with Crippen molar-refractivity contribution in [1.82, 2.24) is 0 Å². The van der Waals surface area contributed by atoms with Gasteiger partial charge >= 0.3 is 5.97 Å². The number of carbonyl (C=O) groups excluding carboxylic acids is 2. The van der Waals surface area contributed by atoms with Crippen molar-refractivity contribution in [3.63, 3.8) is 0 Å². The van der Waals surface area contributed by atoms with E-state index in [-0.39, 0.29) is 17.4 Å². The summed E-state index contributed by atoms with van der Waals surface area (Å²) in [5.74, 6) is 0.258. The Kier molecular flexibility index (Phi) is 5.18. The van der Waals surface area contributed by atoms with Gasteiger partial charge in [-0.25, -0.2) is 4.79 Å². The summed E-state index contributed by atoms with van der Waals surface area (Å²) in [5, 5.41) is 2.90. The number of hydrogen-bond acceptors (Lipinski definition) is 6. The van der Waals surface area contributed by atoms with Crippen LogP contribution in [0.1, 0.15) is 17.3 Å². The fourth-order valence-corrected chi connectivity index (χ4v) is 2.55. The van der Waals surface area contributed by atoms with Crippen LogP contribution in [0.15, 0.2) is 36.4 Å². The van der Waals surface area contributed by atoms with Gasteiger partial charge in [-0.3, -0.25) is 4.79 Å². The summed E-state index contributed by atoms with van der Waals surface area (Å²) in [6.07, 6.45) is -1.01. The fraction of sp³-hybridized carbons (Fsp3) is 0.222. The smallest absolute Gasteiger partial charge is 0.339 e. The van der Waals surface area contributed by atoms with Crippen molar-refractivity contribution in [3.8, 4) is 17.2 Å². The molecule has 1 atom stereocenters. The topological polar surface area (TPSA) is 83.1 Å². The summed E-state index contributed by atoms with van der Waals surface area (Å²) in [7, 11) is 1.55. The minimum Gasteiger partial charge on any atom is -0.497 e. The first-order valence-electron chi connectivity index (χ1n) is 7.73. The Labute approximate surface area is 154 Å². The van der Waals surface area contributed by atoms with Gasteiger partial charge in [-0.15, -0.1) is 0 Å². The first-order valence-corrected chi connectivity index (χ1v) is 8.11. The Bertz CT molecular complexity index is 836. The largest absolute Gasteiger partial charge is 0.497 e. The lowest BCUT2D eigenvalue weighted by Gasteiger charge is -2.14. The Morgan fingerprint density at radius 1 is 1.19 bits per heavy atom. The number of amides is 1.